The zero-order valence-electron chi connectivity index (χ0n) is 13.6. The number of halogens is 1. The normalized spacial score (nSPS) is 10.5. The van der Waals surface area contributed by atoms with Gasteiger partial charge in [-0.25, -0.2) is 9.18 Å². The van der Waals surface area contributed by atoms with Crippen LogP contribution in [0, 0.1) is 12.7 Å². The predicted molar refractivity (Wildman–Crippen MR) is 88.4 cm³/mol. The fourth-order valence-corrected chi connectivity index (χ4v) is 2.22. The van der Waals surface area contributed by atoms with E-state index in [1.54, 1.807) is 24.3 Å². The van der Waals surface area contributed by atoms with Crippen molar-refractivity contribution in [1.82, 2.24) is 5.16 Å². The summed E-state index contributed by atoms with van der Waals surface area (Å²) in [5.74, 6) is -0.0319. The Balaban J connectivity index is 1.53. The van der Waals surface area contributed by atoms with Crippen molar-refractivity contribution in [3.63, 3.8) is 0 Å². The van der Waals surface area contributed by atoms with Gasteiger partial charge in [0.1, 0.15) is 23.9 Å². The maximum Gasteiger partial charge on any atom is 0.344 e. The number of rotatable bonds is 6. The summed E-state index contributed by atoms with van der Waals surface area (Å²) in [6.45, 7) is 1.61. The van der Waals surface area contributed by atoms with Gasteiger partial charge < -0.3 is 14.0 Å². The Labute approximate surface area is 144 Å². The van der Waals surface area contributed by atoms with Crippen LogP contribution < -0.4 is 4.74 Å². The summed E-state index contributed by atoms with van der Waals surface area (Å²) in [5.41, 5.74) is 1.62. The van der Waals surface area contributed by atoms with Crippen LogP contribution in [-0.4, -0.2) is 17.7 Å². The van der Waals surface area contributed by atoms with E-state index in [0.717, 1.165) is 5.56 Å². The molecule has 0 unspecified atom stereocenters. The lowest BCUT2D eigenvalue weighted by Crippen LogP contribution is -2.15. The van der Waals surface area contributed by atoms with Crippen molar-refractivity contribution in [3.8, 4) is 17.1 Å². The summed E-state index contributed by atoms with van der Waals surface area (Å²) in [5, 5.41) is 3.78. The Morgan fingerprint density at radius 2 is 1.92 bits per heavy atom. The van der Waals surface area contributed by atoms with E-state index in [4.69, 9.17) is 14.0 Å². The molecule has 0 radical (unpaired) electrons. The molecule has 1 aromatic heterocycles. The molecule has 0 bridgehead atoms. The third-order valence-corrected chi connectivity index (χ3v) is 3.52. The van der Waals surface area contributed by atoms with Crippen LogP contribution in [0.2, 0.25) is 0 Å². The first-order chi connectivity index (χ1) is 12.1. The minimum atomic E-state index is -0.529. The molecule has 6 heteroatoms. The smallest absolute Gasteiger partial charge is 0.344 e. The van der Waals surface area contributed by atoms with E-state index < -0.39 is 11.8 Å². The SMILES string of the molecule is Cc1ccccc1OCC(=O)OCc1cc(-c2ccccc2F)on1. The van der Waals surface area contributed by atoms with E-state index in [2.05, 4.69) is 5.16 Å². The third kappa shape index (κ3) is 4.23. The molecule has 3 rings (SSSR count). The third-order valence-electron chi connectivity index (χ3n) is 3.52. The zero-order chi connectivity index (χ0) is 17.6. The van der Waals surface area contributed by atoms with Gasteiger partial charge in [0.15, 0.2) is 12.4 Å². The van der Waals surface area contributed by atoms with Crippen molar-refractivity contribution in [2.45, 2.75) is 13.5 Å². The Morgan fingerprint density at radius 3 is 2.72 bits per heavy atom. The summed E-state index contributed by atoms with van der Waals surface area (Å²) < 4.78 is 29.3. The number of esters is 1. The highest BCUT2D eigenvalue weighted by atomic mass is 19.1. The van der Waals surface area contributed by atoms with Crippen LogP contribution in [0.4, 0.5) is 4.39 Å². The van der Waals surface area contributed by atoms with Crippen LogP contribution >= 0.6 is 0 Å². The van der Waals surface area contributed by atoms with Crippen molar-refractivity contribution >= 4 is 5.97 Å². The second-order valence-corrected chi connectivity index (χ2v) is 5.38. The average Bonchev–Trinajstić information content (AvgIpc) is 3.08. The van der Waals surface area contributed by atoms with E-state index in [0.29, 0.717) is 17.0 Å². The lowest BCUT2D eigenvalue weighted by atomic mass is 10.1. The monoisotopic (exact) mass is 341 g/mol. The number of carbonyl (C=O) groups is 1. The van der Waals surface area contributed by atoms with Gasteiger partial charge in [-0.05, 0) is 30.7 Å². The van der Waals surface area contributed by atoms with Crippen LogP contribution in [-0.2, 0) is 16.1 Å². The molecule has 0 amide bonds. The molecule has 1 heterocycles. The molecule has 0 aliphatic carbocycles. The molecule has 0 fully saturated rings. The number of aryl methyl sites for hydroxylation is 1. The van der Waals surface area contributed by atoms with Gasteiger partial charge in [0, 0.05) is 6.07 Å². The van der Waals surface area contributed by atoms with Gasteiger partial charge in [-0.1, -0.05) is 35.5 Å². The van der Waals surface area contributed by atoms with Gasteiger partial charge >= 0.3 is 5.97 Å². The van der Waals surface area contributed by atoms with Gasteiger partial charge in [0.2, 0.25) is 0 Å². The van der Waals surface area contributed by atoms with Gasteiger partial charge in [-0.2, -0.15) is 0 Å². The lowest BCUT2D eigenvalue weighted by Gasteiger charge is -2.08. The van der Waals surface area contributed by atoms with Crippen LogP contribution in [0.1, 0.15) is 11.3 Å². The largest absolute Gasteiger partial charge is 0.482 e. The number of carbonyl (C=O) groups excluding carboxylic acids is 1. The molecule has 0 spiro atoms. The summed E-state index contributed by atoms with van der Waals surface area (Å²) in [6.07, 6.45) is 0. The van der Waals surface area contributed by atoms with Gasteiger partial charge in [-0.3, -0.25) is 0 Å². The summed E-state index contributed by atoms with van der Waals surface area (Å²) in [6, 6.07) is 15.1. The number of hydrogen-bond donors (Lipinski definition) is 0. The van der Waals surface area contributed by atoms with Crippen LogP contribution in [0.5, 0.6) is 5.75 Å². The molecule has 2 aromatic carbocycles. The molecule has 0 atom stereocenters. The summed E-state index contributed by atoms with van der Waals surface area (Å²) in [7, 11) is 0. The number of benzene rings is 2. The number of nitrogens with zero attached hydrogens (tertiary/aromatic N) is 1. The number of ether oxygens (including phenoxy) is 2. The molecule has 25 heavy (non-hydrogen) atoms. The van der Waals surface area contributed by atoms with Crippen molar-refractivity contribution in [3.05, 3.63) is 71.7 Å². The van der Waals surface area contributed by atoms with Crippen molar-refractivity contribution in [2.75, 3.05) is 6.61 Å². The number of para-hydroxylation sites is 1. The number of hydrogen-bond acceptors (Lipinski definition) is 5. The number of aromatic nitrogens is 1. The maximum atomic E-state index is 13.7. The highest BCUT2D eigenvalue weighted by Crippen LogP contribution is 2.23. The fraction of sp³-hybridized carbons (Fsp3) is 0.158. The standard InChI is InChI=1S/C19H16FNO4/c1-13-6-2-5-9-17(13)23-12-19(22)24-11-14-10-18(25-21-14)15-7-3-4-8-16(15)20/h2-10H,11-12H2,1H3. The summed E-state index contributed by atoms with van der Waals surface area (Å²) >= 11 is 0. The molecule has 5 nitrogen and oxygen atoms in total. The van der Waals surface area contributed by atoms with E-state index >= 15 is 0 Å². The van der Waals surface area contributed by atoms with Crippen molar-refractivity contribution in [1.29, 1.82) is 0 Å². The van der Waals surface area contributed by atoms with Gasteiger partial charge in [-0.15, -0.1) is 0 Å². The minimum Gasteiger partial charge on any atom is -0.482 e. The van der Waals surface area contributed by atoms with E-state index in [-0.39, 0.29) is 19.0 Å². The Kier molecular flexibility index (Phi) is 5.09. The fourth-order valence-electron chi connectivity index (χ4n) is 2.22. The van der Waals surface area contributed by atoms with Crippen LogP contribution in [0.3, 0.4) is 0 Å². The first kappa shape index (κ1) is 16.7. The molecule has 0 saturated carbocycles. The topological polar surface area (TPSA) is 61.6 Å². The molecule has 0 aliphatic rings. The first-order valence-corrected chi connectivity index (χ1v) is 7.68. The van der Waals surface area contributed by atoms with E-state index in [1.807, 2.05) is 25.1 Å². The van der Waals surface area contributed by atoms with Crippen LogP contribution in [0.25, 0.3) is 11.3 Å². The maximum absolute atomic E-state index is 13.7. The second-order valence-electron chi connectivity index (χ2n) is 5.38. The first-order valence-electron chi connectivity index (χ1n) is 7.68. The molecule has 0 saturated heterocycles. The molecule has 3 aromatic rings. The molecule has 0 aliphatic heterocycles. The Hall–Kier alpha value is -3.15. The lowest BCUT2D eigenvalue weighted by molar-refractivity contribution is -0.147. The van der Waals surface area contributed by atoms with Crippen LogP contribution in [0.15, 0.2) is 59.1 Å². The van der Waals surface area contributed by atoms with Gasteiger partial charge in [0.25, 0.3) is 0 Å². The van der Waals surface area contributed by atoms with Gasteiger partial charge in [0.05, 0.1) is 5.56 Å². The zero-order valence-corrected chi connectivity index (χ0v) is 13.6. The molecular formula is C19H16FNO4. The predicted octanol–water partition coefficient (Wildman–Crippen LogP) is 3.91. The molecule has 128 valence electrons. The highest BCUT2D eigenvalue weighted by Gasteiger charge is 2.12. The van der Waals surface area contributed by atoms with E-state index in [1.165, 1.54) is 12.1 Å². The minimum absolute atomic E-state index is 0.0755. The summed E-state index contributed by atoms with van der Waals surface area (Å²) in [4.78, 5) is 11.8. The Bertz CT molecular complexity index is 875. The quantitative estimate of drug-likeness (QED) is 0.636. The van der Waals surface area contributed by atoms with E-state index in [9.17, 15) is 9.18 Å². The van der Waals surface area contributed by atoms with Crippen molar-refractivity contribution < 1.29 is 23.2 Å². The Morgan fingerprint density at radius 1 is 1.16 bits per heavy atom. The van der Waals surface area contributed by atoms with Crippen molar-refractivity contribution in [2.24, 2.45) is 0 Å². The highest BCUT2D eigenvalue weighted by molar-refractivity contribution is 5.71. The molecule has 0 N–H and O–H groups in total. The molecular weight excluding hydrogens is 325 g/mol. The second kappa shape index (κ2) is 7.61. The average molecular weight is 341 g/mol.